The molecule has 0 radical (unpaired) electrons. The third-order valence-electron chi connectivity index (χ3n) is 4.25. The van der Waals surface area contributed by atoms with Gasteiger partial charge >= 0.3 is 0 Å². The number of aryl methyl sites for hydroxylation is 2. The molecule has 0 saturated heterocycles. The third-order valence-corrected chi connectivity index (χ3v) is 6.25. The van der Waals surface area contributed by atoms with Gasteiger partial charge in [0, 0.05) is 4.88 Å². The van der Waals surface area contributed by atoms with E-state index in [1.54, 1.807) is 27.7 Å². The van der Waals surface area contributed by atoms with Crippen molar-refractivity contribution in [1.82, 2.24) is 9.55 Å². The second-order valence-corrected chi connectivity index (χ2v) is 8.01. The van der Waals surface area contributed by atoms with Gasteiger partial charge in [0.05, 0.1) is 11.1 Å². The predicted molar refractivity (Wildman–Crippen MR) is 98.3 cm³/mol. The van der Waals surface area contributed by atoms with E-state index >= 15 is 0 Å². The summed E-state index contributed by atoms with van der Waals surface area (Å²) in [5, 5.41) is 1.66. The van der Waals surface area contributed by atoms with Gasteiger partial charge in [-0.3, -0.25) is 9.36 Å². The van der Waals surface area contributed by atoms with Crippen LogP contribution in [0.4, 0.5) is 0 Å². The van der Waals surface area contributed by atoms with Crippen LogP contribution in [0.3, 0.4) is 0 Å². The van der Waals surface area contributed by atoms with Crippen molar-refractivity contribution < 1.29 is 0 Å². The van der Waals surface area contributed by atoms with Gasteiger partial charge in [0.1, 0.15) is 4.83 Å². The number of hydrogen-bond donors (Lipinski definition) is 0. The molecule has 3 nitrogen and oxygen atoms in total. The minimum Gasteiger partial charge on any atom is -0.268 e. The molecule has 23 heavy (non-hydrogen) atoms. The SMILES string of the molecule is CCSc1nc2sc3c(c2c(=O)n1-c1ccccc1)CCCC3. The Labute approximate surface area is 143 Å². The van der Waals surface area contributed by atoms with Crippen molar-refractivity contribution in [2.24, 2.45) is 0 Å². The molecule has 0 saturated carbocycles. The van der Waals surface area contributed by atoms with Crippen LogP contribution >= 0.6 is 23.1 Å². The smallest absolute Gasteiger partial charge is 0.267 e. The number of thioether (sulfide) groups is 1. The van der Waals surface area contributed by atoms with Crippen LogP contribution in [-0.2, 0) is 12.8 Å². The molecule has 0 spiro atoms. The van der Waals surface area contributed by atoms with Gasteiger partial charge in [-0.05, 0) is 49.1 Å². The minimum atomic E-state index is 0.0940. The fourth-order valence-electron chi connectivity index (χ4n) is 3.22. The predicted octanol–water partition coefficient (Wildman–Crippen LogP) is 4.44. The molecule has 118 valence electrons. The topological polar surface area (TPSA) is 34.9 Å². The first kappa shape index (κ1) is 15.0. The van der Waals surface area contributed by atoms with Crippen LogP contribution in [0.2, 0.25) is 0 Å². The Hall–Kier alpha value is -1.59. The number of fused-ring (bicyclic) bond motifs is 3. The van der Waals surface area contributed by atoms with E-state index in [0.29, 0.717) is 0 Å². The molecule has 2 heterocycles. The molecule has 2 aromatic heterocycles. The number of para-hydroxylation sites is 1. The standard InChI is InChI=1S/C18H18N2OS2/c1-2-22-18-19-16-15(13-10-6-7-11-14(13)23-16)17(21)20(18)12-8-4-3-5-9-12/h3-5,8-9H,2,6-7,10-11H2,1H3. The first-order chi connectivity index (χ1) is 11.3. The molecule has 0 unspecified atom stereocenters. The molecule has 0 fully saturated rings. The Morgan fingerprint density at radius 2 is 2.00 bits per heavy atom. The van der Waals surface area contributed by atoms with E-state index in [9.17, 15) is 4.79 Å². The minimum absolute atomic E-state index is 0.0940. The van der Waals surface area contributed by atoms with Crippen LogP contribution in [0.5, 0.6) is 0 Å². The van der Waals surface area contributed by atoms with E-state index in [-0.39, 0.29) is 5.56 Å². The molecule has 1 aromatic carbocycles. The maximum Gasteiger partial charge on any atom is 0.267 e. The maximum atomic E-state index is 13.3. The number of aromatic nitrogens is 2. The van der Waals surface area contributed by atoms with Crippen LogP contribution in [-0.4, -0.2) is 15.3 Å². The molecule has 0 bridgehead atoms. The highest BCUT2D eigenvalue weighted by Crippen LogP contribution is 2.35. The lowest BCUT2D eigenvalue weighted by Gasteiger charge is -2.13. The van der Waals surface area contributed by atoms with E-state index < -0.39 is 0 Å². The molecule has 0 atom stereocenters. The average Bonchev–Trinajstić information content (AvgIpc) is 2.94. The quantitative estimate of drug-likeness (QED) is 0.521. The van der Waals surface area contributed by atoms with Crippen LogP contribution in [0.15, 0.2) is 40.3 Å². The van der Waals surface area contributed by atoms with Gasteiger partial charge in [0.2, 0.25) is 0 Å². The maximum absolute atomic E-state index is 13.3. The molecular formula is C18H18N2OS2. The molecule has 0 N–H and O–H groups in total. The Morgan fingerprint density at radius 1 is 1.22 bits per heavy atom. The first-order valence-electron chi connectivity index (χ1n) is 8.05. The highest BCUT2D eigenvalue weighted by Gasteiger charge is 2.22. The van der Waals surface area contributed by atoms with Crippen molar-refractivity contribution in [3.63, 3.8) is 0 Å². The molecule has 1 aliphatic rings. The monoisotopic (exact) mass is 342 g/mol. The van der Waals surface area contributed by atoms with Gasteiger partial charge in [-0.25, -0.2) is 4.98 Å². The Bertz CT molecular complexity index is 912. The average molecular weight is 342 g/mol. The van der Waals surface area contributed by atoms with Gasteiger partial charge in [0.25, 0.3) is 5.56 Å². The number of benzene rings is 1. The van der Waals surface area contributed by atoms with Crippen molar-refractivity contribution >= 4 is 33.3 Å². The lowest BCUT2D eigenvalue weighted by atomic mass is 9.97. The second-order valence-electron chi connectivity index (χ2n) is 5.69. The second kappa shape index (κ2) is 6.13. The fraction of sp³-hybridized carbons (Fsp3) is 0.333. The van der Waals surface area contributed by atoms with Crippen molar-refractivity contribution in [3.05, 3.63) is 51.1 Å². The molecule has 5 heteroatoms. The lowest BCUT2D eigenvalue weighted by molar-refractivity contribution is 0.699. The molecule has 4 rings (SSSR count). The zero-order chi connectivity index (χ0) is 15.8. The normalized spacial score (nSPS) is 14.1. The summed E-state index contributed by atoms with van der Waals surface area (Å²) in [6, 6.07) is 9.87. The van der Waals surface area contributed by atoms with Crippen molar-refractivity contribution in [2.45, 2.75) is 37.8 Å². The molecule has 0 amide bonds. The molecule has 3 aromatic rings. The Kier molecular flexibility index (Phi) is 3.99. The molecule has 0 aliphatic heterocycles. The van der Waals surface area contributed by atoms with Gasteiger partial charge in [-0.2, -0.15) is 0 Å². The van der Waals surface area contributed by atoms with Crippen molar-refractivity contribution in [2.75, 3.05) is 5.75 Å². The van der Waals surface area contributed by atoms with Gasteiger partial charge in [-0.15, -0.1) is 11.3 Å². The first-order valence-corrected chi connectivity index (χ1v) is 9.85. The Morgan fingerprint density at radius 3 is 2.78 bits per heavy atom. The number of thiophene rings is 1. The summed E-state index contributed by atoms with van der Waals surface area (Å²) in [6.07, 6.45) is 4.51. The summed E-state index contributed by atoms with van der Waals surface area (Å²) in [7, 11) is 0. The zero-order valence-corrected chi connectivity index (χ0v) is 14.7. The van der Waals surface area contributed by atoms with Crippen LogP contribution in [0.25, 0.3) is 15.9 Å². The molecular weight excluding hydrogens is 324 g/mol. The highest BCUT2D eigenvalue weighted by atomic mass is 32.2. The van der Waals surface area contributed by atoms with Crippen LogP contribution < -0.4 is 5.56 Å². The number of rotatable bonds is 3. The summed E-state index contributed by atoms with van der Waals surface area (Å²) in [6.45, 7) is 2.09. The van der Waals surface area contributed by atoms with E-state index in [2.05, 4.69) is 6.92 Å². The summed E-state index contributed by atoms with van der Waals surface area (Å²) in [4.78, 5) is 20.4. The van der Waals surface area contributed by atoms with E-state index in [1.807, 2.05) is 30.3 Å². The molecule has 1 aliphatic carbocycles. The largest absolute Gasteiger partial charge is 0.268 e. The third kappa shape index (κ3) is 2.52. The summed E-state index contributed by atoms with van der Waals surface area (Å²) in [5.74, 6) is 0.899. The van der Waals surface area contributed by atoms with Crippen molar-refractivity contribution in [3.8, 4) is 5.69 Å². The lowest BCUT2D eigenvalue weighted by Crippen LogP contribution is -2.22. The zero-order valence-electron chi connectivity index (χ0n) is 13.0. The van der Waals surface area contributed by atoms with Crippen LogP contribution in [0, 0.1) is 0 Å². The number of hydrogen-bond acceptors (Lipinski definition) is 4. The Balaban J connectivity index is 2.05. The summed E-state index contributed by atoms with van der Waals surface area (Å²) < 4.78 is 1.79. The van der Waals surface area contributed by atoms with Gasteiger partial charge in [-0.1, -0.05) is 36.9 Å². The van der Waals surface area contributed by atoms with E-state index in [4.69, 9.17) is 4.98 Å². The van der Waals surface area contributed by atoms with E-state index in [1.165, 1.54) is 23.3 Å². The van der Waals surface area contributed by atoms with Crippen molar-refractivity contribution in [1.29, 1.82) is 0 Å². The summed E-state index contributed by atoms with van der Waals surface area (Å²) >= 11 is 3.35. The van der Waals surface area contributed by atoms with E-state index in [0.717, 1.165) is 39.7 Å². The highest BCUT2D eigenvalue weighted by molar-refractivity contribution is 7.99. The summed E-state index contributed by atoms with van der Waals surface area (Å²) in [5.41, 5.74) is 2.25. The van der Waals surface area contributed by atoms with Gasteiger partial charge in [0.15, 0.2) is 5.16 Å². The fourth-order valence-corrected chi connectivity index (χ4v) is 5.26. The van der Waals surface area contributed by atoms with Crippen LogP contribution in [0.1, 0.15) is 30.2 Å². The van der Waals surface area contributed by atoms with Gasteiger partial charge < -0.3 is 0 Å². The number of nitrogens with zero attached hydrogens (tertiary/aromatic N) is 2.